The molecule has 1 aromatic rings. The van der Waals surface area contributed by atoms with Gasteiger partial charge in [0.05, 0.1) is 6.61 Å². The fourth-order valence-corrected chi connectivity index (χ4v) is 1.36. The number of ether oxygens (including phenoxy) is 1. The topological polar surface area (TPSA) is 59.1 Å². The molecule has 1 aromatic heterocycles. The van der Waals surface area contributed by atoms with Crippen LogP contribution in [0.1, 0.15) is 19.7 Å². The summed E-state index contributed by atoms with van der Waals surface area (Å²) in [5.41, 5.74) is 0. The van der Waals surface area contributed by atoms with Gasteiger partial charge in [0, 0.05) is 25.8 Å². The van der Waals surface area contributed by atoms with E-state index in [1.54, 1.807) is 6.92 Å². The molecule has 0 saturated heterocycles. The van der Waals surface area contributed by atoms with Gasteiger partial charge in [-0.05, 0) is 13.8 Å². The van der Waals surface area contributed by atoms with E-state index in [0.717, 1.165) is 0 Å². The van der Waals surface area contributed by atoms with E-state index in [1.807, 2.05) is 6.92 Å². The summed E-state index contributed by atoms with van der Waals surface area (Å²) in [6, 6.07) is 1.26. The molecule has 0 radical (unpaired) electrons. The van der Waals surface area contributed by atoms with Gasteiger partial charge < -0.3 is 15.4 Å². The largest absolute Gasteiger partial charge is 0.451 e. The molecule has 1 unspecified atom stereocenters. The van der Waals surface area contributed by atoms with Crippen molar-refractivity contribution in [2.24, 2.45) is 0 Å². The summed E-state index contributed by atoms with van der Waals surface area (Å²) in [6.45, 7) is 4.57. The minimum absolute atomic E-state index is 0.105. The Labute approximate surface area is 109 Å². The molecule has 1 rings (SSSR count). The Bertz CT molecular complexity index is 411. The van der Waals surface area contributed by atoms with Crippen molar-refractivity contribution in [2.75, 3.05) is 30.9 Å². The van der Waals surface area contributed by atoms with Crippen LogP contribution in [-0.2, 0) is 10.9 Å². The Balaban J connectivity index is 2.88. The lowest BCUT2D eigenvalue weighted by Gasteiger charge is -2.16. The molecule has 19 heavy (non-hydrogen) atoms. The zero-order valence-corrected chi connectivity index (χ0v) is 11.0. The first kappa shape index (κ1) is 15.5. The highest BCUT2D eigenvalue weighted by molar-refractivity contribution is 5.47. The second-order valence-electron chi connectivity index (χ2n) is 3.91. The molecule has 5 nitrogen and oxygen atoms in total. The molecule has 0 aliphatic carbocycles. The molecule has 8 heteroatoms. The SMILES string of the molecule is CCOCC(C)Nc1cc(NC)nc(C(F)(F)F)n1. The zero-order valence-electron chi connectivity index (χ0n) is 11.0. The second kappa shape index (κ2) is 6.55. The van der Waals surface area contributed by atoms with E-state index in [2.05, 4.69) is 20.6 Å². The minimum Gasteiger partial charge on any atom is -0.380 e. The van der Waals surface area contributed by atoms with E-state index in [0.29, 0.717) is 13.2 Å². The average Bonchev–Trinajstić information content (AvgIpc) is 2.34. The molecule has 0 aromatic carbocycles. The molecular weight excluding hydrogens is 261 g/mol. The van der Waals surface area contributed by atoms with Crippen LogP contribution < -0.4 is 10.6 Å². The Hall–Kier alpha value is -1.57. The van der Waals surface area contributed by atoms with Gasteiger partial charge in [0.2, 0.25) is 5.82 Å². The van der Waals surface area contributed by atoms with E-state index in [4.69, 9.17) is 4.74 Å². The van der Waals surface area contributed by atoms with Crippen molar-refractivity contribution in [1.29, 1.82) is 0 Å². The number of nitrogens with one attached hydrogen (secondary N) is 2. The smallest absolute Gasteiger partial charge is 0.380 e. The van der Waals surface area contributed by atoms with E-state index >= 15 is 0 Å². The minimum atomic E-state index is -4.58. The van der Waals surface area contributed by atoms with Gasteiger partial charge in [0.1, 0.15) is 11.6 Å². The van der Waals surface area contributed by atoms with Gasteiger partial charge in [-0.1, -0.05) is 0 Å². The third-order valence-electron chi connectivity index (χ3n) is 2.20. The molecule has 1 atom stereocenters. The summed E-state index contributed by atoms with van der Waals surface area (Å²) in [6.07, 6.45) is -4.58. The van der Waals surface area contributed by atoms with Crippen LogP contribution >= 0.6 is 0 Å². The van der Waals surface area contributed by atoms with Crippen molar-refractivity contribution < 1.29 is 17.9 Å². The highest BCUT2D eigenvalue weighted by atomic mass is 19.4. The average molecular weight is 278 g/mol. The molecule has 0 aliphatic heterocycles. The number of hydrogen-bond acceptors (Lipinski definition) is 5. The lowest BCUT2D eigenvalue weighted by molar-refractivity contribution is -0.144. The van der Waals surface area contributed by atoms with Crippen LogP contribution in [0.4, 0.5) is 24.8 Å². The third kappa shape index (κ3) is 4.90. The Morgan fingerprint density at radius 2 is 1.95 bits per heavy atom. The first-order valence-electron chi connectivity index (χ1n) is 5.85. The number of nitrogens with zero attached hydrogens (tertiary/aromatic N) is 2. The third-order valence-corrected chi connectivity index (χ3v) is 2.20. The first-order valence-corrected chi connectivity index (χ1v) is 5.85. The van der Waals surface area contributed by atoms with Crippen LogP contribution in [-0.4, -0.2) is 36.3 Å². The molecule has 0 aliphatic rings. The van der Waals surface area contributed by atoms with Crippen LogP contribution in [0.15, 0.2) is 6.07 Å². The van der Waals surface area contributed by atoms with Crippen LogP contribution in [0.25, 0.3) is 0 Å². The molecule has 108 valence electrons. The van der Waals surface area contributed by atoms with Crippen molar-refractivity contribution in [3.05, 3.63) is 11.9 Å². The predicted molar refractivity (Wildman–Crippen MR) is 66.2 cm³/mol. The molecule has 2 N–H and O–H groups in total. The van der Waals surface area contributed by atoms with Crippen molar-refractivity contribution in [3.8, 4) is 0 Å². The standard InChI is InChI=1S/C11H17F3N4O/c1-4-19-6-7(2)16-9-5-8(15-3)17-10(18-9)11(12,13)14/h5,7H,4,6H2,1-3H3,(H2,15,16,17,18). The van der Waals surface area contributed by atoms with Gasteiger partial charge in [-0.3, -0.25) is 0 Å². The highest BCUT2D eigenvalue weighted by Crippen LogP contribution is 2.28. The summed E-state index contributed by atoms with van der Waals surface area (Å²) < 4.78 is 43.0. The molecule has 1 heterocycles. The maximum Gasteiger partial charge on any atom is 0.451 e. The van der Waals surface area contributed by atoms with Crippen LogP contribution in [0.5, 0.6) is 0 Å². The van der Waals surface area contributed by atoms with Crippen molar-refractivity contribution >= 4 is 11.6 Å². The maximum atomic E-state index is 12.6. The molecule has 0 spiro atoms. The van der Waals surface area contributed by atoms with Crippen LogP contribution in [0.2, 0.25) is 0 Å². The van der Waals surface area contributed by atoms with Crippen LogP contribution in [0.3, 0.4) is 0 Å². The number of rotatable bonds is 6. The first-order chi connectivity index (χ1) is 8.86. The fourth-order valence-electron chi connectivity index (χ4n) is 1.36. The van der Waals surface area contributed by atoms with Gasteiger partial charge in [0.25, 0.3) is 0 Å². The maximum absolute atomic E-state index is 12.6. The quantitative estimate of drug-likeness (QED) is 0.836. The van der Waals surface area contributed by atoms with Crippen molar-refractivity contribution in [2.45, 2.75) is 26.1 Å². The van der Waals surface area contributed by atoms with Gasteiger partial charge in [0.15, 0.2) is 0 Å². The lowest BCUT2D eigenvalue weighted by Crippen LogP contribution is -2.23. The number of anilines is 2. The van der Waals surface area contributed by atoms with E-state index in [9.17, 15) is 13.2 Å². The lowest BCUT2D eigenvalue weighted by atomic mass is 10.3. The predicted octanol–water partition coefficient (Wildman–Crippen LogP) is 2.37. The molecule has 0 fully saturated rings. The second-order valence-corrected chi connectivity index (χ2v) is 3.91. The summed E-state index contributed by atoms with van der Waals surface area (Å²) >= 11 is 0. The number of hydrogen-bond donors (Lipinski definition) is 2. The van der Waals surface area contributed by atoms with E-state index < -0.39 is 12.0 Å². The zero-order chi connectivity index (χ0) is 14.5. The van der Waals surface area contributed by atoms with Crippen molar-refractivity contribution in [3.63, 3.8) is 0 Å². The monoisotopic (exact) mass is 278 g/mol. The van der Waals surface area contributed by atoms with Gasteiger partial charge in [-0.15, -0.1) is 0 Å². The molecule has 0 bridgehead atoms. The normalized spacial score (nSPS) is 13.2. The summed E-state index contributed by atoms with van der Waals surface area (Å²) in [5, 5.41) is 5.42. The van der Waals surface area contributed by atoms with E-state index in [1.165, 1.54) is 13.1 Å². The molecule has 0 amide bonds. The van der Waals surface area contributed by atoms with Crippen molar-refractivity contribution in [1.82, 2.24) is 9.97 Å². The fraction of sp³-hybridized carbons (Fsp3) is 0.636. The van der Waals surface area contributed by atoms with Gasteiger partial charge in [-0.2, -0.15) is 13.2 Å². The number of alkyl halides is 3. The van der Waals surface area contributed by atoms with Crippen LogP contribution in [0, 0.1) is 0 Å². The molecule has 0 saturated carbocycles. The summed E-state index contributed by atoms with van der Waals surface area (Å²) in [4.78, 5) is 6.83. The number of halogens is 3. The Kier molecular flexibility index (Phi) is 5.34. The summed E-state index contributed by atoms with van der Waals surface area (Å²) in [5.74, 6) is -0.960. The van der Waals surface area contributed by atoms with Gasteiger partial charge in [-0.25, -0.2) is 9.97 Å². The highest BCUT2D eigenvalue weighted by Gasteiger charge is 2.35. The Morgan fingerprint density at radius 3 is 2.47 bits per heavy atom. The summed E-state index contributed by atoms with van der Waals surface area (Å²) in [7, 11) is 1.50. The van der Waals surface area contributed by atoms with E-state index in [-0.39, 0.29) is 17.7 Å². The molecular formula is C11H17F3N4O. The number of aromatic nitrogens is 2. The Morgan fingerprint density at radius 1 is 1.32 bits per heavy atom. The van der Waals surface area contributed by atoms with Gasteiger partial charge >= 0.3 is 6.18 Å².